The second-order valence-corrected chi connectivity index (χ2v) is 6.46. The summed E-state index contributed by atoms with van der Waals surface area (Å²) in [5.41, 5.74) is 0. The number of thiophene rings is 1. The van der Waals surface area contributed by atoms with Crippen molar-refractivity contribution in [2.75, 3.05) is 0 Å². The maximum Gasteiger partial charge on any atom is 0.212 e. The molecule has 1 unspecified atom stereocenters. The summed E-state index contributed by atoms with van der Waals surface area (Å²) in [5, 5.41) is 0. The molecular formula is C13H9BrClFO2S. The van der Waals surface area contributed by atoms with Crippen molar-refractivity contribution < 1.29 is 13.9 Å². The van der Waals surface area contributed by atoms with E-state index in [0.717, 1.165) is 0 Å². The topological polar surface area (TPSA) is 26.3 Å². The quantitative estimate of drug-likeness (QED) is 0.718. The third-order valence-corrected chi connectivity index (χ3v) is 4.04. The van der Waals surface area contributed by atoms with Gasteiger partial charge in [-0.3, -0.25) is 4.79 Å². The van der Waals surface area contributed by atoms with Crippen molar-refractivity contribution in [2.45, 2.75) is 13.0 Å². The van der Waals surface area contributed by atoms with Gasteiger partial charge in [0.05, 0.1) is 9.21 Å². The Morgan fingerprint density at radius 2 is 2.16 bits per heavy atom. The molecule has 0 saturated carbocycles. The van der Waals surface area contributed by atoms with Crippen LogP contribution < -0.4 is 4.74 Å². The SMILES string of the molecule is CC(Oc1cc(F)cc(Br)c1)C(=O)c1ccc(Cl)s1. The van der Waals surface area contributed by atoms with Gasteiger partial charge in [0.1, 0.15) is 11.6 Å². The Morgan fingerprint density at radius 1 is 1.42 bits per heavy atom. The van der Waals surface area contributed by atoms with Gasteiger partial charge < -0.3 is 4.74 Å². The van der Waals surface area contributed by atoms with Gasteiger partial charge in [-0.1, -0.05) is 27.5 Å². The first-order chi connectivity index (χ1) is 8.95. The molecule has 0 N–H and O–H groups in total. The lowest BCUT2D eigenvalue weighted by Gasteiger charge is -2.13. The number of carbonyl (C=O) groups is 1. The van der Waals surface area contributed by atoms with Gasteiger partial charge >= 0.3 is 0 Å². The van der Waals surface area contributed by atoms with Crippen LogP contribution in [-0.2, 0) is 0 Å². The van der Waals surface area contributed by atoms with Crippen LogP contribution in [-0.4, -0.2) is 11.9 Å². The normalized spacial score (nSPS) is 12.2. The van der Waals surface area contributed by atoms with Crippen LogP contribution in [0.25, 0.3) is 0 Å². The molecule has 0 fully saturated rings. The van der Waals surface area contributed by atoms with Crippen LogP contribution in [0.1, 0.15) is 16.6 Å². The predicted molar refractivity (Wildman–Crippen MR) is 77.8 cm³/mol. The smallest absolute Gasteiger partial charge is 0.212 e. The fourth-order valence-electron chi connectivity index (χ4n) is 1.50. The van der Waals surface area contributed by atoms with E-state index in [0.29, 0.717) is 19.4 Å². The number of carbonyl (C=O) groups excluding carboxylic acids is 1. The minimum absolute atomic E-state index is 0.183. The summed E-state index contributed by atoms with van der Waals surface area (Å²) in [6.07, 6.45) is -0.705. The minimum atomic E-state index is -0.705. The molecule has 0 radical (unpaired) electrons. The van der Waals surface area contributed by atoms with E-state index in [9.17, 15) is 9.18 Å². The Kier molecular flexibility index (Phi) is 4.60. The van der Waals surface area contributed by atoms with Gasteiger partial charge in [-0.2, -0.15) is 0 Å². The van der Waals surface area contributed by atoms with Gasteiger partial charge in [-0.25, -0.2) is 4.39 Å². The maximum absolute atomic E-state index is 13.2. The van der Waals surface area contributed by atoms with Crippen LogP contribution in [0, 0.1) is 5.82 Å². The highest BCUT2D eigenvalue weighted by Crippen LogP contribution is 2.25. The summed E-state index contributed by atoms with van der Waals surface area (Å²) in [4.78, 5) is 12.6. The van der Waals surface area contributed by atoms with Crippen molar-refractivity contribution in [1.29, 1.82) is 0 Å². The van der Waals surface area contributed by atoms with Crippen LogP contribution in [0.2, 0.25) is 4.34 Å². The number of ether oxygens (including phenoxy) is 1. The zero-order valence-electron chi connectivity index (χ0n) is 9.82. The first-order valence-corrected chi connectivity index (χ1v) is 7.37. The van der Waals surface area contributed by atoms with E-state index in [1.165, 1.54) is 23.5 Å². The highest BCUT2D eigenvalue weighted by Gasteiger charge is 2.19. The standard InChI is InChI=1S/C13H9BrClFO2S/c1-7(13(17)11-2-3-12(15)19-11)18-10-5-8(14)4-9(16)6-10/h2-7H,1H3. The van der Waals surface area contributed by atoms with Gasteiger partial charge in [0.2, 0.25) is 5.78 Å². The number of hydrogen-bond donors (Lipinski definition) is 0. The molecule has 100 valence electrons. The Morgan fingerprint density at radius 3 is 2.74 bits per heavy atom. The molecule has 1 heterocycles. The number of rotatable bonds is 4. The molecule has 0 saturated heterocycles. The summed E-state index contributed by atoms with van der Waals surface area (Å²) >= 11 is 10.1. The predicted octanol–water partition coefficient (Wildman–Crippen LogP) is 4.95. The Hall–Kier alpha value is -0.910. The van der Waals surface area contributed by atoms with Crippen molar-refractivity contribution >= 4 is 44.7 Å². The zero-order valence-corrected chi connectivity index (χ0v) is 13.0. The number of benzene rings is 1. The van der Waals surface area contributed by atoms with Crippen molar-refractivity contribution in [2.24, 2.45) is 0 Å². The van der Waals surface area contributed by atoms with Gasteiger partial charge in [0.25, 0.3) is 0 Å². The van der Waals surface area contributed by atoms with Crippen LogP contribution >= 0.6 is 38.9 Å². The lowest BCUT2D eigenvalue weighted by atomic mass is 10.2. The van der Waals surface area contributed by atoms with Crippen molar-refractivity contribution in [1.82, 2.24) is 0 Å². The van der Waals surface area contributed by atoms with Crippen LogP contribution in [0.3, 0.4) is 0 Å². The van der Waals surface area contributed by atoms with E-state index < -0.39 is 11.9 Å². The molecule has 0 amide bonds. The fourth-order valence-corrected chi connectivity index (χ4v) is 3.01. The Balaban J connectivity index is 2.12. The Labute approximate surface area is 127 Å². The first kappa shape index (κ1) is 14.5. The molecule has 6 heteroatoms. The average molecular weight is 364 g/mol. The summed E-state index contributed by atoms with van der Waals surface area (Å²) in [5.74, 6) is -0.309. The molecule has 1 aromatic carbocycles. The third-order valence-electron chi connectivity index (χ3n) is 2.33. The van der Waals surface area contributed by atoms with E-state index in [-0.39, 0.29) is 5.78 Å². The molecule has 0 spiro atoms. The molecule has 2 nitrogen and oxygen atoms in total. The lowest BCUT2D eigenvalue weighted by Crippen LogP contribution is -2.23. The number of Topliss-reactive ketones (excluding diaryl/α,β-unsaturated/α-hetero) is 1. The summed E-state index contributed by atoms with van der Waals surface area (Å²) < 4.78 is 19.7. The maximum atomic E-state index is 13.2. The third kappa shape index (κ3) is 3.78. The second-order valence-electron chi connectivity index (χ2n) is 3.83. The lowest BCUT2D eigenvalue weighted by molar-refractivity contribution is 0.0822. The van der Waals surface area contributed by atoms with E-state index in [1.807, 2.05) is 0 Å². The van der Waals surface area contributed by atoms with Crippen molar-refractivity contribution in [3.63, 3.8) is 0 Å². The molecule has 2 rings (SSSR count). The molecule has 0 aliphatic carbocycles. The van der Waals surface area contributed by atoms with E-state index in [1.54, 1.807) is 25.1 Å². The number of hydrogen-bond acceptors (Lipinski definition) is 3. The van der Waals surface area contributed by atoms with E-state index in [4.69, 9.17) is 16.3 Å². The summed E-state index contributed by atoms with van der Waals surface area (Å²) in [6.45, 7) is 1.62. The van der Waals surface area contributed by atoms with Gasteiger partial charge in [-0.15, -0.1) is 11.3 Å². The van der Waals surface area contributed by atoms with Crippen LogP contribution in [0.5, 0.6) is 5.75 Å². The largest absolute Gasteiger partial charge is 0.482 e. The molecule has 0 aliphatic heterocycles. The fraction of sp³-hybridized carbons (Fsp3) is 0.154. The van der Waals surface area contributed by atoms with Gasteiger partial charge in [0, 0.05) is 10.5 Å². The first-order valence-electron chi connectivity index (χ1n) is 5.38. The highest BCUT2D eigenvalue weighted by molar-refractivity contribution is 9.10. The molecule has 2 aromatic rings. The molecule has 0 bridgehead atoms. The number of ketones is 1. The zero-order chi connectivity index (χ0) is 14.0. The van der Waals surface area contributed by atoms with Gasteiger partial charge in [-0.05, 0) is 31.2 Å². The molecular weight excluding hydrogens is 355 g/mol. The second kappa shape index (κ2) is 6.03. The van der Waals surface area contributed by atoms with Crippen LogP contribution in [0.4, 0.5) is 4.39 Å². The molecule has 1 atom stereocenters. The summed E-state index contributed by atoms with van der Waals surface area (Å²) in [7, 11) is 0. The van der Waals surface area contributed by atoms with E-state index in [2.05, 4.69) is 15.9 Å². The summed E-state index contributed by atoms with van der Waals surface area (Å²) in [6, 6.07) is 7.46. The average Bonchev–Trinajstić information content (AvgIpc) is 2.73. The van der Waals surface area contributed by atoms with Crippen LogP contribution in [0.15, 0.2) is 34.8 Å². The van der Waals surface area contributed by atoms with Crippen molar-refractivity contribution in [3.05, 3.63) is 49.8 Å². The molecule has 0 aliphatic rings. The van der Waals surface area contributed by atoms with E-state index >= 15 is 0 Å². The minimum Gasteiger partial charge on any atom is -0.482 e. The van der Waals surface area contributed by atoms with Gasteiger partial charge in [0.15, 0.2) is 6.10 Å². The molecule has 19 heavy (non-hydrogen) atoms. The Bertz CT molecular complexity index is 594. The monoisotopic (exact) mass is 362 g/mol. The number of halogens is 3. The molecule has 1 aromatic heterocycles. The highest BCUT2D eigenvalue weighted by atomic mass is 79.9. The van der Waals surface area contributed by atoms with Crippen molar-refractivity contribution in [3.8, 4) is 5.75 Å².